The predicted molar refractivity (Wildman–Crippen MR) is 133 cm³/mol. The van der Waals surface area contributed by atoms with Crippen LogP contribution in [0.15, 0.2) is 60.7 Å². The summed E-state index contributed by atoms with van der Waals surface area (Å²) in [6.45, 7) is 3.97. The van der Waals surface area contributed by atoms with E-state index in [1.54, 1.807) is 0 Å². The van der Waals surface area contributed by atoms with Crippen LogP contribution < -0.4 is 10.6 Å². The molecular formula is C28H32N2O5. The van der Waals surface area contributed by atoms with Gasteiger partial charge in [-0.25, -0.2) is 4.79 Å². The van der Waals surface area contributed by atoms with Gasteiger partial charge in [-0.1, -0.05) is 74.5 Å². The molecule has 3 N–H and O–H groups in total. The minimum Gasteiger partial charge on any atom is -0.481 e. The third-order valence-corrected chi connectivity index (χ3v) is 6.96. The van der Waals surface area contributed by atoms with Crippen molar-refractivity contribution in [3.63, 3.8) is 0 Å². The summed E-state index contributed by atoms with van der Waals surface area (Å²) < 4.78 is 5.62. The highest BCUT2D eigenvalue weighted by Crippen LogP contribution is 2.44. The first kappa shape index (κ1) is 24.5. The van der Waals surface area contributed by atoms with E-state index in [-0.39, 0.29) is 42.9 Å². The molecule has 184 valence electrons. The van der Waals surface area contributed by atoms with E-state index in [1.165, 1.54) is 11.1 Å². The Morgan fingerprint density at radius 3 is 2.26 bits per heavy atom. The van der Waals surface area contributed by atoms with Crippen molar-refractivity contribution in [2.75, 3.05) is 13.2 Å². The Hall–Kier alpha value is -3.61. The molecule has 0 fully saturated rings. The molecule has 2 aliphatic carbocycles. The maximum Gasteiger partial charge on any atom is 0.407 e. The molecular weight excluding hydrogens is 444 g/mol. The van der Waals surface area contributed by atoms with Gasteiger partial charge in [-0.05, 0) is 41.0 Å². The van der Waals surface area contributed by atoms with Crippen LogP contribution in [0.25, 0.3) is 11.1 Å². The zero-order valence-corrected chi connectivity index (χ0v) is 20.1. The minimum atomic E-state index is -0.918. The van der Waals surface area contributed by atoms with Gasteiger partial charge in [0.15, 0.2) is 0 Å². The number of amides is 2. The molecule has 0 aliphatic heterocycles. The first-order valence-corrected chi connectivity index (χ1v) is 12.1. The number of carboxylic acids is 1. The summed E-state index contributed by atoms with van der Waals surface area (Å²) in [6, 6.07) is 16.0. The molecule has 35 heavy (non-hydrogen) atoms. The third kappa shape index (κ3) is 5.56. The molecule has 2 amide bonds. The summed E-state index contributed by atoms with van der Waals surface area (Å²) in [5.41, 5.74) is 4.64. The molecule has 0 bridgehead atoms. The average molecular weight is 477 g/mol. The van der Waals surface area contributed by atoms with Gasteiger partial charge in [-0.15, -0.1) is 0 Å². The number of rotatable bonds is 8. The lowest BCUT2D eigenvalue weighted by Gasteiger charge is -2.26. The van der Waals surface area contributed by atoms with Crippen LogP contribution in [-0.4, -0.2) is 42.3 Å². The lowest BCUT2D eigenvalue weighted by atomic mass is 9.89. The van der Waals surface area contributed by atoms with E-state index in [0.717, 1.165) is 11.1 Å². The second-order valence-electron chi connectivity index (χ2n) is 9.61. The summed E-state index contributed by atoms with van der Waals surface area (Å²) in [5, 5.41) is 14.9. The Bertz CT molecular complexity index is 1080. The fourth-order valence-electron chi connectivity index (χ4n) is 4.96. The molecule has 2 aliphatic rings. The normalized spacial score (nSPS) is 19.5. The quantitative estimate of drug-likeness (QED) is 0.492. The van der Waals surface area contributed by atoms with E-state index in [9.17, 15) is 19.5 Å². The van der Waals surface area contributed by atoms with Crippen molar-refractivity contribution >= 4 is 18.0 Å². The van der Waals surface area contributed by atoms with Gasteiger partial charge in [0.25, 0.3) is 0 Å². The monoisotopic (exact) mass is 476 g/mol. The van der Waals surface area contributed by atoms with Crippen LogP contribution >= 0.6 is 0 Å². The summed E-state index contributed by atoms with van der Waals surface area (Å²) in [5.74, 6) is -2.17. The van der Waals surface area contributed by atoms with Crippen molar-refractivity contribution in [2.45, 2.75) is 38.6 Å². The number of benzene rings is 2. The van der Waals surface area contributed by atoms with Gasteiger partial charge in [0.2, 0.25) is 5.91 Å². The SMILES string of the molecule is CC(C)C(CNC(=O)[C@@H]1CC=C[C@@H](NC(=O)OCC2c3ccccc3-c3ccccc32)C1)C(=O)O. The maximum atomic E-state index is 12.6. The average Bonchev–Trinajstić information content (AvgIpc) is 3.16. The van der Waals surface area contributed by atoms with Crippen molar-refractivity contribution in [2.24, 2.45) is 17.8 Å². The predicted octanol–water partition coefficient (Wildman–Crippen LogP) is 4.33. The maximum absolute atomic E-state index is 12.6. The fraction of sp³-hybridized carbons (Fsp3) is 0.393. The van der Waals surface area contributed by atoms with Gasteiger partial charge in [0, 0.05) is 18.4 Å². The van der Waals surface area contributed by atoms with Crippen LogP contribution in [0.5, 0.6) is 0 Å². The van der Waals surface area contributed by atoms with Gasteiger partial charge in [-0.3, -0.25) is 9.59 Å². The van der Waals surface area contributed by atoms with Gasteiger partial charge in [0.05, 0.1) is 12.0 Å². The molecule has 3 atom stereocenters. The molecule has 7 heteroatoms. The van der Waals surface area contributed by atoms with Crippen LogP contribution in [0.2, 0.25) is 0 Å². The van der Waals surface area contributed by atoms with E-state index in [4.69, 9.17) is 4.74 Å². The number of fused-ring (bicyclic) bond motifs is 3. The Labute approximate surface area is 205 Å². The van der Waals surface area contributed by atoms with Crippen LogP contribution in [0.4, 0.5) is 4.79 Å². The highest BCUT2D eigenvalue weighted by Gasteiger charge is 2.30. The minimum absolute atomic E-state index is 0.0169. The lowest BCUT2D eigenvalue weighted by molar-refractivity contribution is -0.143. The van der Waals surface area contributed by atoms with Crippen LogP contribution in [0.1, 0.15) is 43.7 Å². The molecule has 2 aromatic carbocycles. The third-order valence-electron chi connectivity index (χ3n) is 6.96. The number of carbonyl (C=O) groups is 3. The van der Waals surface area contributed by atoms with Gasteiger partial charge in [-0.2, -0.15) is 0 Å². The molecule has 0 spiro atoms. The fourth-order valence-corrected chi connectivity index (χ4v) is 4.96. The summed E-state index contributed by atoms with van der Waals surface area (Å²) >= 11 is 0. The number of carbonyl (C=O) groups excluding carboxylic acids is 2. The molecule has 1 unspecified atom stereocenters. The van der Waals surface area contributed by atoms with E-state index < -0.39 is 18.0 Å². The largest absolute Gasteiger partial charge is 0.481 e. The first-order valence-electron chi connectivity index (χ1n) is 12.1. The number of hydrogen-bond donors (Lipinski definition) is 3. The molecule has 0 heterocycles. The Morgan fingerprint density at radius 2 is 1.66 bits per heavy atom. The van der Waals surface area contributed by atoms with Crippen molar-refractivity contribution in [3.05, 3.63) is 71.8 Å². The number of carboxylic acid groups (broad SMARTS) is 1. The van der Waals surface area contributed by atoms with Gasteiger partial charge >= 0.3 is 12.1 Å². The smallest absolute Gasteiger partial charge is 0.407 e. The number of nitrogens with one attached hydrogen (secondary N) is 2. The van der Waals surface area contributed by atoms with Crippen LogP contribution in [0, 0.1) is 17.8 Å². The zero-order chi connectivity index (χ0) is 24.9. The van der Waals surface area contributed by atoms with Gasteiger partial charge in [0.1, 0.15) is 6.61 Å². The number of aliphatic carboxylic acids is 1. The van der Waals surface area contributed by atoms with E-state index in [2.05, 4.69) is 34.9 Å². The number of hydrogen-bond acceptors (Lipinski definition) is 4. The molecule has 0 saturated heterocycles. The van der Waals surface area contributed by atoms with Crippen molar-refractivity contribution in [1.29, 1.82) is 0 Å². The topological polar surface area (TPSA) is 105 Å². The number of ether oxygens (including phenoxy) is 1. The molecule has 7 nitrogen and oxygen atoms in total. The highest BCUT2D eigenvalue weighted by molar-refractivity contribution is 5.81. The second-order valence-corrected chi connectivity index (χ2v) is 9.61. The molecule has 0 radical (unpaired) electrons. The van der Waals surface area contributed by atoms with Crippen molar-refractivity contribution in [3.8, 4) is 11.1 Å². The zero-order valence-electron chi connectivity index (χ0n) is 20.1. The van der Waals surface area contributed by atoms with E-state index in [0.29, 0.717) is 12.8 Å². The molecule has 0 saturated carbocycles. The van der Waals surface area contributed by atoms with E-state index >= 15 is 0 Å². The highest BCUT2D eigenvalue weighted by atomic mass is 16.5. The van der Waals surface area contributed by atoms with Gasteiger partial charge < -0.3 is 20.5 Å². The van der Waals surface area contributed by atoms with Crippen LogP contribution in [-0.2, 0) is 14.3 Å². The molecule has 0 aromatic heterocycles. The summed E-state index contributed by atoms with van der Waals surface area (Å²) in [7, 11) is 0. The Kier molecular flexibility index (Phi) is 7.54. The Balaban J connectivity index is 1.30. The van der Waals surface area contributed by atoms with Crippen molar-refractivity contribution < 1.29 is 24.2 Å². The van der Waals surface area contributed by atoms with Crippen LogP contribution in [0.3, 0.4) is 0 Å². The number of allylic oxidation sites excluding steroid dienone is 1. The molecule has 2 aromatic rings. The van der Waals surface area contributed by atoms with E-state index in [1.807, 2.05) is 50.3 Å². The Morgan fingerprint density at radius 1 is 1.03 bits per heavy atom. The second kappa shape index (κ2) is 10.8. The summed E-state index contributed by atoms with van der Waals surface area (Å²) in [6.07, 6.45) is 4.21. The summed E-state index contributed by atoms with van der Waals surface area (Å²) in [4.78, 5) is 36.6. The standard InChI is InChI=1S/C28H32N2O5/c1-17(2)24(27(32)33)15-29-26(31)18-8-7-9-19(14-18)30-28(34)35-16-25-22-12-5-3-10-20(22)21-11-4-6-13-23(21)25/h3-7,9-13,17-19,24-25H,8,14-16H2,1-2H3,(H,29,31)(H,30,34)(H,32,33)/t18-,19-,24?/m1/s1. The lowest BCUT2D eigenvalue weighted by Crippen LogP contribution is -2.43. The molecule has 4 rings (SSSR count). The number of alkyl carbamates (subject to hydrolysis) is 1. The first-order chi connectivity index (χ1) is 16.8. The van der Waals surface area contributed by atoms with Crippen molar-refractivity contribution in [1.82, 2.24) is 10.6 Å².